The molecule has 0 saturated carbocycles. The number of benzene rings is 2. The summed E-state index contributed by atoms with van der Waals surface area (Å²) < 4.78 is 20.8. The molecule has 8 nitrogen and oxygen atoms in total. The van der Waals surface area contributed by atoms with Crippen molar-refractivity contribution in [3.63, 3.8) is 0 Å². The molecule has 0 aromatic heterocycles. The Balaban J connectivity index is 1.54. The van der Waals surface area contributed by atoms with Crippen molar-refractivity contribution >= 4 is 29.4 Å². The highest BCUT2D eigenvalue weighted by Crippen LogP contribution is 2.37. The molecule has 0 radical (unpaired) electrons. The highest BCUT2D eigenvalue weighted by atomic mass is 16.7. The van der Waals surface area contributed by atoms with E-state index in [9.17, 15) is 14.4 Å². The number of carbonyl (C=O) groups excluding carboxylic acids is 3. The van der Waals surface area contributed by atoms with Gasteiger partial charge in [0, 0.05) is 17.7 Å². The fourth-order valence-corrected chi connectivity index (χ4v) is 2.71. The molecule has 1 heterocycles. The number of hydrogen-bond acceptors (Lipinski definition) is 7. The Bertz CT molecular complexity index is 980. The first-order chi connectivity index (χ1) is 14.5. The zero-order valence-electron chi connectivity index (χ0n) is 16.6. The van der Waals surface area contributed by atoms with Crippen LogP contribution in [0, 0.1) is 0 Å². The third kappa shape index (κ3) is 5.38. The van der Waals surface area contributed by atoms with Gasteiger partial charge in [0.2, 0.25) is 6.79 Å². The van der Waals surface area contributed by atoms with Gasteiger partial charge in [0.1, 0.15) is 5.75 Å². The quantitative estimate of drug-likeness (QED) is 0.404. The van der Waals surface area contributed by atoms with Gasteiger partial charge in [0.05, 0.1) is 12.3 Å². The smallest absolute Gasteiger partial charge is 0.331 e. The first-order valence-corrected chi connectivity index (χ1v) is 9.28. The number of carbonyl (C=O) groups is 3. The average Bonchev–Trinajstić information content (AvgIpc) is 3.18. The second kappa shape index (κ2) is 9.60. The van der Waals surface area contributed by atoms with Crippen LogP contribution in [0.15, 0.2) is 42.5 Å². The summed E-state index contributed by atoms with van der Waals surface area (Å²) in [6, 6.07) is 10.2. The highest BCUT2D eigenvalue weighted by Gasteiger charge is 2.20. The molecule has 0 aliphatic carbocycles. The molecule has 0 bridgehead atoms. The molecule has 30 heavy (non-hydrogen) atoms. The topological polar surface area (TPSA) is 100 Å². The lowest BCUT2D eigenvalue weighted by Gasteiger charge is -2.10. The fourth-order valence-electron chi connectivity index (χ4n) is 2.71. The molecular formula is C22H21NO7. The van der Waals surface area contributed by atoms with Gasteiger partial charge in [-0.05, 0) is 43.7 Å². The second-order valence-electron chi connectivity index (χ2n) is 6.30. The number of nitrogens with one attached hydrogen (secondary N) is 1. The summed E-state index contributed by atoms with van der Waals surface area (Å²) in [5.74, 6) is 0.0894. The van der Waals surface area contributed by atoms with Crippen molar-refractivity contribution in [1.29, 1.82) is 0 Å². The lowest BCUT2D eigenvalue weighted by Crippen LogP contribution is -2.21. The summed E-state index contributed by atoms with van der Waals surface area (Å²) in [7, 11) is 0. The molecule has 1 amide bonds. The van der Waals surface area contributed by atoms with Gasteiger partial charge in [-0.25, -0.2) is 4.79 Å². The Morgan fingerprint density at radius 2 is 1.80 bits per heavy atom. The van der Waals surface area contributed by atoms with Crippen LogP contribution < -0.4 is 19.5 Å². The third-order valence-corrected chi connectivity index (χ3v) is 4.11. The maximum atomic E-state index is 12.2. The SMILES string of the molecule is CCOc1ccc(/C=C/C(=O)OCC(=O)Nc2cc3c(cc2C(C)=O)OCO3)cc1. The largest absolute Gasteiger partial charge is 0.494 e. The Kier molecular flexibility index (Phi) is 6.69. The molecule has 2 aromatic carbocycles. The number of esters is 1. The van der Waals surface area contributed by atoms with E-state index in [1.165, 1.54) is 25.1 Å². The van der Waals surface area contributed by atoms with E-state index < -0.39 is 18.5 Å². The van der Waals surface area contributed by atoms with E-state index in [4.69, 9.17) is 18.9 Å². The van der Waals surface area contributed by atoms with Gasteiger partial charge in [-0.3, -0.25) is 9.59 Å². The van der Waals surface area contributed by atoms with Gasteiger partial charge in [0.25, 0.3) is 5.91 Å². The molecule has 8 heteroatoms. The molecule has 0 saturated heterocycles. The maximum absolute atomic E-state index is 12.2. The van der Waals surface area contributed by atoms with E-state index in [0.717, 1.165) is 11.3 Å². The normalized spacial score (nSPS) is 11.9. The van der Waals surface area contributed by atoms with Crippen LogP contribution >= 0.6 is 0 Å². The molecule has 1 aliphatic rings. The number of rotatable bonds is 8. The summed E-state index contributed by atoms with van der Waals surface area (Å²) in [6.07, 6.45) is 2.80. The zero-order valence-corrected chi connectivity index (χ0v) is 16.6. The van der Waals surface area contributed by atoms with E-state index in [1.54, 1.807) is 30.3 Å². The average molecular weight is 411 g/mol. The molecule has 1 aliphatic heterocycles. The fraction of sp³-hybridized carbons (Fsp3) is 0.227. The van der Waals surface area contributed by atoms with Crippen LogP contribution in [-0.4, -0.2) is 37.7 Å². The molecular weight excluding hydrogens is 390 g/mol. The van der Waals surface area contributed by atoms with Gasteiger partial charge >= 0.3 is 5.97 Å². The first kappa shape index (κ1) is 20.9. The Labute approximate surface area is 173 Å². The van der Waals surface area contributed by atoms with Crippen molar-refractivity contribution in [2.75, 3.05) is 25.3 Å². The van der Waals surface area contributed by atoms with E-state index in [-0.39, 0.29) is 23.8 Å². The standard InChI is InChI=1S/C22H21NO7/c1-3-27-16-7-4-15(5-8-16)6-9-22(26)28-12-21(25)23-18-11-20-19(29-13-30-20)10-17(18)14(2)24/h4-11H,3,12-13H2,1-2H3,(H,23,25)/b9-6+. The van der Waals surface area contributed by atoms with Crippen LogP contribution in [0.3, 0.4) is 0 Å². The third-order valence-electron chi connectivity index (χ3n) is 4.11. The van der Waals surface area contributed by atoms with Crippen LogP contribution in [0.4, 0.5) is 5.69 Å². The van der Waals surface area contributed by atoms with E-state index in [0.29, 0.717) is 18.1 Å². The maximum Gasteiger partial charge on any atom is 0.331 e. The van der Waals surface area contributed by atoms with Crippen LogP contribution in [0.25, 0.3) is 6.08 Å². The molecule has 2 aromatic rings. The summed E-state index contributed by atoms with van der Waals surface area (Å²) >= 11 is 0. The predicted octanol–water partition coefficient (Wildman–Crippen LogP) is 3.21. The molecule has 0 unspecified atom stereocenters. The summed E-state index contributed by atoms with van der Waals surface area (Å²) in [5, 5.41) is 2.56. The Morgan fingerprint density at radius 3 is 2.47 bits per heavy atom. The second-order valence-corrected chi connectivity index (χ2v) is 6.30. The van der Waals surface area contributed by atoms with Crippen LogP contribution in [0.5, 0.6) is 17.2 Å². The van der Waals surface area contributed by atoms with E-state index in [2.05, 4.69) is 5.32 Å². The number of amides is 1. The van der Waals surface area contributed by atoms with Gasteiger partial charge in [-0.15, -0.1) is 0 Å². The number of ketones is 1. The van der Waals surface area contributed by atoms with Crippen molar-refractivity contribution in [2.45, 2.75) is 13.8 Å². The number of hydrogen-bond donors (Lipinski definition) is 1. The predicted molar refractivity (Wildman–Crippen MR) is 109 cm³/mol. The highest BCUT2D eigenvalue weighted by molar-refractivity contribution is 6.05. The molecule has 0 spiro atoms. The first-order valence-electron chi connectivity index (χ1n) is 9.28. The van der Waals surface area contributed by atoms with Gasteiger partial charge in [-0.2, -0.15) is 0 Å². The number of fused-ring (bicyclic) bond motifs is 1. The number of Topliss-reactive ketones (excluding diaryl/α,β-unsaturated/α-hetero) is 1. The van der Waals surface area contributed by atoms with Crippen molar-refractivity contribution in [1.82, 2.24) is 0 Å². The van der Waals surface area contributed by atoms with Crippen molar-refractivity contribution in [3.05, 3.63) is 53.6 Å². The van der Waals surface area contributed by atoms with Gasteiger partial charge < -0.3 is 24.3 Å². The van der Waals surface area contributed by atoms with E-state index >= 15 is 0 Å². The number of ether oxygens (including phenoxy) is 4. The minimum Gasteiger partial charge on any atom is -0.494 e. The summed E-state index contributed by atoms with van der Waals surface area (Å²) in [5.41, 5.74) is 1.32. The van der Waals surface area contributed by atoms with Crippen LogP contribution in [0.1, 0.15) is 29.8 Å². The van der Waals surface area contributed by atoms with Crippen LogP contribution in [0.2, 0.25) is 0 Å². The van der Waals surface area contributed by atoms with Gasteiger partial charge in [-0.1, -0.05) is 12.1 Å². The minimum absolute atomic E-state index is 0.0440. The van der Waals surface area contributed by atoms with Crippen molar-refractivity contribution in [2.24, 2.45) is 0 Å². The molecule has 0 fully saturated rings. The molecule has 1 N–H and O–H groups in total. The zero-order chi connectivity index (χ0) is 21.5. The minimum atomic E-state index is -0.670. The lowest BCUT2D eigenvalue weighted by molar-refractivity contribution is -0.142. The Hall–Kier alpha value is -3.81. The van der Waals surface area contributed by atoms with Gasteiger partial charge in [0.15, 0.2) is 23.9 Å². The van der Waals surface area contributed by atoms with Crippen molar-refractivity contribution in [3.8, 4) is 17.2 Å². The molecule has 3 rings (SSSR count). The number of anilines is 1. The van der Waals surface area contributed by atoms with Crippen molar-refractivity contribution < 1.29 is 33.3 Å². The monoisotopic (exact) mass is 411 g/mol. The summed E-state index contributed by atoms with van der Waals surface area (Å²) in [6.45, 7) is 3.39. The molecule has 156 valence electrons. The summed E-state index contributed by atoms with van der Waals surface area (Å²) in [4.78, 5) is 35.9. The lowest BCUT2D eigenvalue weighted by atomic mass is 10.1. The molecule has 0 atom stereocenters. The Morgan fingerprint density at radius 1 is 1.10 bits per heavy atom. The van der Waals surface area contributed by atoms with Crippen LogP contribution in [-0.2, 0) is 14.3 Å². The van der Waals surface area contributed by atoms with E-state index in [1.807, 2.05) is 6.92 Å².